The molecule has 0 amide bonds. The van der Waals surface area contributed by atoms with Crippen LogP contribution in [0.3, 0.4) is 0 Å². The van der Waals surface area contributed by atoms with Gasteiger partial charge in [0.05, 0.1) is 7.11 Å². The van der Waals surface area contributed by atoms with E-state index in [2.05, 4.69) is 17.5 Å². The Morgan fingerprint density at radius 3 is 2.85 bits per heavy atom. The SMILES string of the molecule is CNCC=Cc1ccccc1OC. The topological polar surface area (TPSA) is 21.3 Å². The van der Waals surface area contributed by atoms with E-state index < -0.39 is 0 Å². The van der Waals surface area contributed by atoms with E-state index in [1.807, 2.05) is 31.3 Å². The molecular weight excluding hydrogens is 162 g/mol. The number of rotatable bonds is 4. The first-order valence-corrected chi connectivity index (χ1v) is 4.32. The van der Waals surface area contributed by atoms with Crippen LogP contribution in [0.1, 0.15) is 5.56 Å². The van der Waals surface area contributed by atoms with Crippen LogP contribution in [0.4, 0.5) is 0 Å². The molecule has 2 nitrogen and oxygen atoms in total. The highest BCUT2D eigenvalue weighted by molar-refractivity contribution is 5.57. The second-order valence-corrected chi connectivity index (χ2v) is 2.70. The standard InChI is InChI=1S/C11H15NO/c1-12-9-5-7-10-6-3-4-8-11(10)13-2/h3-8,12H,9H2,1-2H3. The summed E-state index contributed by atoms with van der Waals surface area (Å²) in [6.07, 6.45) is 4.12. The first-order valence-electron chi connectivity index (χ1n) is 4.32. The Hall–Kier alpha value is -1.28. The predicted molar refractivity (Wildman–Crippen MR) is 56.0 cm³/mol. The maximum Gasteiger partial charge on any atom is 0.126 e. The summed E-state index contributed by atoms with van der Waals surface area (Å²) in [6, 6.07) is 7.96. The van der Waals surface area contributed by atoms with Crippen molar-refractivity contribution in [1.29, 1.82) is 0 Å². The summed E-state index contributed by atoms with van der Waals surface area (Å²) in [5.74, 6) is 0.912. The van der Waals surface area contributed by atoms with Gasteiger partial charge in [0.2, 0.25) is 0 Å². The quantitative estimate of drug-likeness (QED) is 0.758. The molecule has 1 N–H and O–H groups in total. The van der Waals surface area contributed by atoms with E-state index in [0.717, 1.165) is 17.9 Å². The molecule has 1 aromatic rings. The van der Waals surface area contributed by atoms with Crippen molar-refractivity contribution in [1.82, 2.24) is 5.32 Å². The van der Waals surface area contributed by atoms with Gasteiger partial charge in [0.15, 0.2) is 0 Å². The number of methoxy groups -OCH3 is 1. The lowest BCUT2D eigenvalue weighted by Gasteiger charge is -2.02. The molecule has 13 heavy (non-hydrogen) atoms. The second-order valence-electron chi connectivity index (χ2n) is 2.70. The van der Waals surface area contributed by atoms with Crippen LogP contribution in [0.15, 0.2) is 30.3 Å². The van der Waals surface area contributed by atoms with Crippen molar-refractivity contribution in [2.45, 2.75) is 0 Å². The van der Waals surface area contributed by atoms with Crippen molar-refractivity contribution < 1.29 is 4.74 Å². The summed E-state index contributed by atoms with van der Waals surface area (Å²) in [6.45, 7) is 0.873. The highest BCUT2D eigenvalue weighted by Gasteiger charge is 1.94. The molecule has 0 saturated heterocycles. The Kier molecular flexibility index (Phi) is 4.06. The normalized spacial score (nSPS) is 10.6. The molecule has 0 fully saturated rings. The highest BCUT2D eigenvalue weighted by atomic mass is 16.5. The fourth-order valence-corrected chi connectivity index (χ4v) is 1.11. The molecule has 0 heterocycles. The molecule has 0 radical (unpaired) electrons. The highest BCUT2D eigenvalue weighted by Crippen LogP contribution is 2.18. The third-order valence-corrected chi connectivity index (χ3v) is 1.76. The number of ether oxygens (including phenoxy) is 1. The van der Waals surface area contributed by atoms with E-state index in [4.69, 9.17) is 4.74 Å². The summed E-state index contributed by atoms with van der Waals surface area (Å²) in [7, 11) is 3.61. The van der Waals surface area contributed by atoms with Gasteiger partial charge in [-0.3, -0.25) is 0 Å². The fraction of sp³-hybridized carbons (Fsp3) is 0.273. The summed E-state index contributed by atoms with van der Waals surface area (Å²) in [5.41, 5.74) is 1.11. The van der Waals surface area contributed by atoms with Crippen LogP contribution in [0, 0.1) is 0 Å². The zero-order valence-electron chi connectivity index (χ0n) is 8.08. The lowest BCUT2D eigenvalue weighted by molar-refractivity contribution is 0.414. The number of likely N-dealkylation sites (N-methyl/N-ethyl adjacent to an activating group) is 1. The summed E-state index contributed by atoms with van der Waals surface area (Å²) >= 11 is 0. The average Bonchev–Trinajstić information content (AvgIpc) is 2.19. The lowest BCUT2D eigenvalue weighted by atomic mass is 10.2. The van der Waals surface area contributed by atoms with Crippen LogP contribution in [-0.4, -0.2) is 20.7 Å². The molecule has 0 aliphatic heterocycles. The molecule has 0 atom stereocenters. The van der Waals surface area contributed by atoms with Gasteiger partial charge in [-0.2, -0.15) is 0 Å². The van der Waals surface area contributed by atoms with Crippen molar-refractivity contribution >= 4 is 6.08 Å². The van der Waals surface area contributed by atoms with E-state index in [1.54, 1.807) is 7.11 Å². The average molecular weight is 177 g/mol. The summed E-state index contributed by atoms with van der Waals surface area (Å²) in [5, 5.41) is 3.05. The van der Waals surface area contributed by atoms with Gasteiger partial charge in [-0.1, -0.05) is 30.4 Å². The maximum absolute atomic E-state index is 5.20. The molecule has 0 aliphatic carbocycles. The van der Waals surface area contributed by atoms with Gasteiger partial charge >= 0.3 is 0 Å². The third-order valence-electron chi connectivity index (χ3n) is 1.76. The first kappa shape index (κ1) is 9.81. The van der Waals surface area contributed by atoms with Crippen LogP contribution in [0.2, 0.25) is 0 Å². The van der Waals surface area contributed by atoms with E-state index in [9.17, 15) is 0 Å². The van der Waals surface area contributed by atoms with E-state index >= 15 is 0 Å². The van der Waals surface area contributed by atoms with Gasteiger partial charge in [0.25, 0.3) is 0 Å². The minimum absolute atomic E-state index is 0.873. The van der Waals surface area contributed by atoms with Crippen molar-refractivity contribution in [3.8, 4) is 5.75 Å². The first-order chi connectivity index (χ1) is 6.38. The van der Waals surface area contributed by atoms with Gasteiger partial charge in [0, 0.05) is 12.1 Å². The molecule has 2 heteroatoms. The second kappa shape index (κ2) is 5.38. The van der Waals surface area contributed by atoms with Crippen LogP contribution in [-0.2, 0) is 0 Å². The Bertz CT molecular complexity index is 281. The van der Waals surface area contributed by atoms with Crippen molar-refractivity contribution in [3.63, 3.8) is 0 Å². The van der Waals surface area contributed by atoms with Crippen molar-refractivity contribution in [2.75, 3.05) is 20.7 Å². The molecule has 1 aromatic carbocycles. The molecule has 0 saturated carbocycles. The number of hydrogen-bond donors (Lipinski definition) is 1. The zero-order valence-corrected chi connectivity index (χ0v) is 8.08. The smallest absolute Gasteiger partial charge is 0.126 e. The van der Waals surface area contributed by atoms with Crippen LogP contribution in [0.25, 0.3) is 6.08 Å². The molecule has 1 rings (SSSR count). The molecule has 0 aliphatic rings. The van der Waals surface area contributed by atoms with Gasteiger partial charge < -0.3 is 10.1 Å². The number of nitrogens with one attached hydrogen (secondary N) is 1. The molecule has 0 spiro atoms. The Morgan fingerprint density at radius 2 is 2.15 bits per heavy atom. The summed E-state index contributed by atoms with van der Waals surface area (Å²) < 4.78 is 5.20. The largest absolute Gasteiger partial charge is 0.496 e. The van der Waals surface area contributed by atoms with E-state index in [-0.39, 0.29) is 0 Å². The van der Waals surface area contributed by atoms with Crippen molar-refractivity contribution in [3.05, 3.63) is 35.9 Å². The van der Waals surface area contributed by atoms with Crippen molar-refractivity contribution in [2.24, 2.45) is 0 Å². The number of para-hydroxylation sites is 1. The van der Waals surface area contributed by atoms with Gasteiger partial charge in [-0.25, -0.2) is 0 Å². The predicted octanol–water partition coefficient (Wildman–Crippen LogP) is 1.93. The maximum atomic E-state index is 5.20. The van der Waals surface area contributed by atoms with Crippen LogP contribution < -0.4 is 10.1 Å². The number of benzene rings is 1. The lowest BCUT2D eigenvalue weighted by Crippen LogP contribution is -2.03. The Labute approximate surface area is 79.2 Å². The minimum Gasteiger partial charge on any atom is -0.496 e. The molecule has 0 aromatic heterocycles. The van der Waals surface area contributed by atoms with Crippen LogP contribution in [0.5, 0.6) is 5.75 Å². The Morgan fingerprint density at radius 1 is 1.38 bits per heavy atom. The number of hydrogen-bond acceptors (Lipinski definition) is 2. The summed E-state index contributed by atoms with van der Waals surface area (Å²) in [4.78, 5) is 0. The molecule has 70 valence electrons. The van der Waals surface area contributed by atoms with Gasteiger partial charge in [-0.05, 0) is 13.1 Å². The Balaban J connectivity index is 2.74. The molecule has 0 bridgehead atoms. The molecule has 0 unspecified atom stereocenters. The van der Waals surface area contributed by atoms with Crippen LogP contribution >= 0.6 is 0 Å². The zero-order chi connectivity index (χ0) is 9.52. The fourth-order valence-electron chi connectivity index (χ4n) is 1.11. The third kappa shape index (κ3) is 2.92. The van der Waals surface area contributed by atoms with E-state index in [1.165, 1.54) is 0 Å². The monoisotopic (exact) mass is 177 g/mol. The van der Waals surface area contributed by atoms with E-state index in [0.29, 0.717) is 0 Å². The van der Waals surface area contributed by atoms with Gasteiger partial charge in [0.1, 0.15) is 5.75 Å². The van der Waals surface area contributed by atoms with Gasteiger partial charge in [-0.15, -0.1) is 0 Å². The minimum atomic E-state index is 0.873. The molecular formula is C11H15NO.